The molecule has 0 aliphatic heterocycles. The number of hydrogen-bond acceptors (Lipinski definition) is 0. The Morgan fingerprint density at radius 3 is 1.80 bits per heavy atom. The summed E-state index contributed by atoms with van der Waals surface area (Å²) in [7, 11) is 0. The number of allylic oxidation sites excluding steroid dienone is 4. The first-order valence-corrected chi connectivity index (χ1v) is 16.4. The van der Waals surface area contributed by atoms with Crippen LogP contribution >= 0.6 is 0 Å². The van der Waals surface area contributed by atoms with Crippen molar-refractivity contribution in [1.82, 2.24) is 0 Å². The van der Waals surface area contributed by atoms with Crippen molar-refractivity contribution in [3.05, 3.63) is 163 Å². The largest absolute Gasteiger partial charge is 0.0836 e. The number of fused-ring (bicyclic) bond motifs is 7. The molecule has 0 heterocycles. The molecule has 0 atom stereocenters. The van der Waals surface area contributed by atoms with Gasteiger partial charge in [-0.2, -0.15) is 0 Å². The molecule has 0 bridgehead atoms. The van der Waals surface area contributed by atoms with E-state index < -0.39 is 0 Å². The van der Waals surface area contributed by atoms with Crippen LogP contribution in [0.3, 0.4) is 0 Å². The quantitative estimate of drug-likeness (QED) is 0.182. The first-order valence-electron chi connectivity index (χ1n) is 16.4. The van der Waals surface area contributed by atoms with E-state index in [0.29, 0.717) is 0 Å². The van der Waals surface area contributed by atoms with Crippen LogP contribution < -0.4 is 0 Å². The van der Waals surface area contributed by atoms with Crippen LogP contribution in [0.4, 0.5) is 0 Å². The van der Waals surface area contributed by atoms with Gasteiger partial charge in [-0.3, -0.25) is 0 Å². The highest BCUT2D eigenvalue weighted by Gasteiger charge is 2.31. The average Bonchev–Trinajstić information content (AvgIpc) is 3.46. The van der Waals surface area contributed by atoms with Crippen LogP contribution in [0.15, 0.2) is 158 Å². The van der Waals surface area contributed by atoms with Crippen LogP contribution in [0, 0.1) is 0 Å². The van der Waals surface area contributed by atoms with Crippen LogP contribution in [0.2, 0.25) is 0 Å². The zero-order valence-electron chi connectivity index (χ0n) is 25.4. The van der Waals surface area contributed by atoms with Gasteiger partial charge in [-0.25, -0.2) is 0 Å². The Morgan fingerprint density at radius 2 is 1.00 bits per heavy atom. The monoisotopic (exact) mass is 582 g/mol. The Balaban J connectivity index is 1.36. The molecule has 46 heavy (non-hydrogen) atoms. The lowest BCUT2D eigenvalue weighted by atomic mass is 9.81. The second kappa shape index (κ2) is 9.89. The van der Waals surface area contributed by atoms with E-state index in [0.717, 1.165) is 12.8 Å². The maximum absolute atomic E-state index is 2.44. The highest BCUT2D eigenvalue weighted by molar-refractivity contribution is 6.28. The Labute approximate surface area is 268 Å². The second-order valence-corrected chi connectivity index (χ2v) is 12.6. The molecule has 2 aliphatic rings. The number of rotatable bonds is 3. The van der Waals surface area contributed by atoms with Crippen molar-refractivity contribution < 1.29 is 0 Å². The van der Waals surface area contributed by atoms with Gasteiger partial charge < -0.3 is 0 Å². The highest BCUT2D eigenvalue weighted by Crippen LogP contribution is 2.58. The van der Waals surface area contributed by atoms with E-state index in [4.69, 9.17) is 0 Å². The van der Waals surface area contributed by atoms with Crippen molar-refractivity contribution in [1.29, 1.82) is 0 Å². The van der Waals surface area contributed by atoms with Crippen molar-refractivity contribution in [2.45, 2.75) is 12.8 Å². The summed E-state index contributed by atoms with van der Waals surface area (Å²) < 4.78 is 0. The van der Waals surface area contributed by atoms with Crippen molar-refractivity contribution in [3.8, 4) is 44.5 Å². The molecular formula is C46H30. The Bertz CT molecular complexity index is 2610. The fourth-order valence-electron chi connectivity index (χ4n) is 8.32. The maximum Gasteiger partial charge on any atom is -0.000741 e. The summed E-state index contributed by atoms with van der Waals surface area (Å²) in [6.07, 6.45) is 9.31. The highest BCUT2D eigenvalue weighted by atomic mass is 14.3. The summed E-state index contributed by atoms with van der Waals surface area (Å²) in [6.45, 7) is 0. The molecule has 8 aromatic carbocycles. The molecular weight excluding hydrogens is 553 g/mol. The number of benzene rings is 8. The molecule has 0 aromatic heterocycles. The summed E-state index contributed by atoms with van der Waals surface area (Å²) in [5.41, 5.74) is 13.3. The van der Waals surface area contributed by atoms with Gasteiger partial charge >= 0.3 is 0 Å². The molecule has 0 unspecified atom stereocenters. The topological polar surface area (TPSA) is 0 Å². The third kappa shape index (κ3) is 3.56. The van der Waals surface area contributed by atoms with Gasteiger partial charge in [-0.05, 0) is 118 Å². The Morgan fingerprint density at radius 1 is 0.370 bits per heavy atom. The van der Waals surface area contributed by atoms with Crippen LogP contribution in [0.25, 0.3) is 93.2 Å². The predicted molar refractivity (Wildman–Crippen MR) is 198 cm³/mol. The summed E-state index contributed by atoms with van der Waals surface area (Å²) >= 11 is 0. The van der Waals surface area contributed by atoms with Crippen molar-refractivity contribution in [3.63, 3.8) is 0 Å². The maximum atomic E-state index is 2.44. The minimum Gasteiger partial charge on any atom is -0.0836 e. The van der Waals surface area contributed by atoms with E-state index in [9.17, 15) is 0 Å². The minimum absolute atomic E-state index is 1.08. The molecule has 0 N–H and O–H groups in total. The molecule has 0 saturated heterocycles. The molecule has 2 aliphatic carbocycles. The molecule has 0 radical (unpaired) electrons. The Hall–Kier alpha value is -5.72. The normalized spacial score (nSPS) is 13.5. The van der Waals surface area contributed by atoms with Gasteiger partial charge in [0.05, 0.1) is 0 Å². The first kappa shape index (κ1) is 25.6. The lowest BCUT2D eigenvalue weighted by Crippen LogP contribution is -1.96. The van der Waals surface area contributed by atoms with Gasteiger partial charge in [0.25, 0.3) is 0 Å². The molecule has 0 saturated carbocycles. The average molecular weight is 583 g/mol. The van der Waals surface area contributed by atoms with E-state index >= 15 is 0 Å². The summed E-state index contributed by atoms with van der Waals surface area (Å²) in [5, 5.41) is 10.5. The zero-order chi connectivity index (χ0) is 30.2. The van der Waals surface area contributed by atoms with E-state index in [1.165, 1.54) is 98.7 Å². The molecule has 8 aromatic rings. The molecule has 0 nitrogen and oxygen atoms in total. The van der Waals surface area contributed by atoms with Crippen molar-refractivity contribution in [2.24, 2.45) is 0 Å². The molecule has 10 rings (SSSR count). The van der Waals surface area contributed by atoms with Crippen LogP contribution in [-0.2, 0) is 0 Å². The van der Waals surface area contributed by atoms with Gasteiger partial charge in [0.2, 0.25) is 0 Å². The van der Waals surface area contributed by atoms with E-state index in [2.05, 4.69) is 158 Å². The molecule has 0 amide bonds. The van der Waals surface area contributed by atoms with Gasteiger partial charge in [-0.1, -0.05) is 152 Å². The van der Waals surface area contributed by atoms with Gasteiger partial charge in [0.1, 0.15) is 0 Å². The van der Waals surface area contributed by atoms with Crippen LogP contribution in [0.5, 0.6) is 0 Å². The first-order chi connectivity index (χ1) is 22.9. The van der Waals surface area contributed by atoms with Crippen molar-refractivity contribution >= 4 is 48.7 Å². The Kier molecular flexibility index (Phi) is 5.50. The number of hydrogen-bond donors (Lipinski definition) is 0. The smallest absolute Gasteiger partial charge is 0.000741 e. The summed E-state index contributed by atoms with van der Waals surface area (Å²) in [5.74, 6) is 0. The summed E-state index contributed by atoms with van der Waals surface area (Å²) in [6, 6.07) is 51.9. The van der Waals surface area contributed by atoms with Crippen LogP contribution in [0.1, 0.15) is 18.4 Å². The van der Waals surface area contributed by atoms with Gasteiger partial charge in [0, 0.05) is 0 Å². The molecule has 0 spiro atoms. The summed E-state index contributed by atoms with van der Waals surface area (Å²) in [4.78, 5) is 0. The lowest BCUT2D eigenvalue weighted by molar-refractivity contribution is 1.04. The fourth-order valence-corrected chi connectivity index (χ4v) is 8.32. The van der Waals surface area contributed by atoms with Gasteiger partial charge in [-0.15, -0.1) is 0 Å². The standard InChI is InChI=1S/C46H30/c1-3-14-29(15-4-1)42-37-22-11-12-23-38(37)43(30-16-5-2-6-17-30)46-40-27-26-35(36-24-13-25-39(44(36)40)45(42)46)41-28-31-18-7-8-19-32(31)33-20-9-10-21-34(33)41/h2-3,5-28H,1,4H2. The SMILES string of the molecule is C1=CC(c2c3c(c(-c4ccccc4)c4ccccc24)-c2ccc(-c4cc5ccccc5c5ccccc45)c4cccc-3c24)=CCC1. The van der Waals surface area contributed by atoms with Crippen molar-refractivity contribution in [2.75, 3.05) is 0 Å². The third-order valence-electron chi connectivity index (χ3n) is 10.2. The fraction of sp³-hybridized carbons (Fsp3) is 0.0435. The van der Waals surface area contributed by atoms with E-state index in [1.54, 1.807) is 0 Å². The molecule has 0 heteroatoms. The third-order valence-corrected chi connectivity index (χ3v) is 10.2. The second-order valence-electron chi connectivity index (χ2n) is 12.6. The molecule has 0 fully saturated rings. The van der Waals surface area contributed by atoms with Crippen LogP contribution in [-0.4, -0.2) is 0 Å². The molecule has 214 valence electrons. The van der Waals surface area contributed by atoms with Gasteiger partial charge in [0.15, 0.2) is 0 Å². The minimum atomic E-state index is 1.08. The predicted octanol–water partition coefficient (Wildman–Crippen LogP) is 13.0. The lowest BCUT2D eigenvalue weighted by Gasteiger charge is -2.21. The van der Waals surface area contributed by atoms with E-state index in [-0.39, 0.29) is 0 Å². The van der Waals surface area contributed by atoms with E-state index in [1.807, 2.05) is 0 Å². The zero-order valence-corrected chi connectivity index (χ0v) is 25.4.